The van der Waals surface area contributed by atoms with Crippen LogP contribution in [0.1, 0.15) is 51.5 Å². The van der Waals surface area contributed by atoms with Gasteiger partial charge in [0.1, 0.15) is 6.61 Å². The van der Waals surface area contributed by atoms with E-state index in [9.17, 15) is 19.7 Å². The number of para-hydroxylation sites is 1. The Morgan fingerprint density at radius 1 is 1.24 bits per heavy atom. The lowest BCUT2D eigenvalue weighted by atomic mass is 9.83. The first kappa shape index (κ1) is 27.3. The van der Waals surface area contributed by atoms with Gasteiger partial charge in [-0.3, -0.25) is 19.7 Å². The molecule has 196 valence electrons. The Labute approximate surface area is 225 Å². The summed E-state index contributed by atoms with van der Waals surface area (Å²) in [6, 6.07) is 8.07. The number of fused-ring (bicyclic) bond motifs is 1. The van der Waals surface area contributed by atoms with Crippen molar-refractivity contribution in [2.24, 2.45) is 0 Å². The molecule has 0 radical (unpaired) electrons. The molecule has 0 saturated carbocycles. The monoisotopic (exact) mass is 540 g/mol. The van der Waals surface area contributed by atoms with Crippen molar-refractivity contribution in [1.29, 1.82) is 0 Å². The minimum atomic E-state index is -0.507. The molecule has 1 unspecified atom stereocenters. The number of hydrogen-bond acceptors (Lipinski definition) is 8. The number of carbonyl (C=O) groups excluding carboxylic acids is 2. The molecule has 3 aliphatic rings. The second-order valence-corrected chi connectivity index (χ2v) is 12.6. The zero-order chi connectivity index (χ0) is 26.4. The van der Waals surface area contributed by atoms with E-state index in [-0.39, 0.29) is 35.0 Å². The molecule has 9 heteroatoms. The summed E-state index contributed by atoms with van der Waals surface area (Å²) in [7, 11) is 3.91. The Bertz CT molecular complexity index is 1180. The Kier molecular flexibility index (Phi) is 8.97. The normalized spacial score (nSPS) is 22.4. The van der Waals surface area contributed by atoms with Gasteiger partial charge in [-0.2, -0.15) is 0 Å². The van der Waals surface area contributed by atoms with Crippen molar-refractivity contribution < 1.29 is 19.2 Å². The lowest BCUT2D eigenvalue weighted by Gasteiger charge is -2.27. The van der Waals surface area contributed by atoms with Crippen molar-refractivity contribution >= 4 is 39.0 Å². The first-order valence-corrected chi connectivity index (χ1v) is 15.0. The zero-order valence-electron chi connectivity index (χ0n) is 21.2. The molecule has 7 nitrogen and oxygen atoms in total. The number of nitrogens with zero attached hydrogens (tertiary/aromatic N) is 2. The minimum Gasteiger partial charge on any atom is -0.464 e. The maximum absolute atomic E-state index is 12.3. The third-order valence-corrected chi connectivity index (χ3v) is 9.89. The van der Waals surface area contributed by atoms with Gasteiger partial charge in [-0.05, 0) is 49.1 Å². The van der Waals surface area contributed by atoms with Gasteiger partial charge in [0.05, 0.1) is 11.5 Å². The molecule has 0 amide bonds. The highest BCUT2D eigenvalue weighted by atomic mass is 33.1. The number of nitro groups is 1. The van der Waals surface area contributed by atoms with Crippen molar-refractivity contribution in [1.82, 2.24) is 0 Å². The lowest BCUT2D eigenvalue weighted by molar-refractivity contribution is -0.419. The molecule has 1 atom stereocenters. The summed E-state index contributed by atoms with van der Waals surface area (Å²) >= 11 is 0. The second kappa shape index (κ2) is 12.2. The van der Waals surface area contributed by atoms with E-state index in [1.54, 1.807) is 6.08 Å². The molecular weight excluding hydrogens is 508 g/mol. The molecule has 37 heavy (non-hydrogen) atoms. The Hall–Kier alpha value is -2.78. The molecule has 1 aromatic carbocycles. The number of rotatable bonds is 10. The number of allylic oxidation sites excluding steroid dienone is 7. The van der Waals surface area contributed by atoms with Gasteiger partial charge in [0.15, 0.2) is 5.78 Å². The van der Waals surface area contributed by atoms with E-state index in [1.165, 1.54) is 30.4 Å². The molecule has 1 aliphatic carbocycles. The molecule has 2 heterocycles. The van der Waals surface area contributed by atoms with Crippen LogP contribution in [-0.4, -0.2) is 40.8 Å². The van der Waals surface area contributed by atoms with Crippen molar-refractivity contribution in [3.63, 3.8) is 0 Å². The van der Waals surface area contributed by atoms with Crippen LogP contribution >= 0.6 is 21.6 Å². The molecule has 2 aliphatic heterocycles. The van der Waals surface area contributed by atoms with Gasteiger partial charge in [0.2, 0.25) is 0 Å². The summed E-state index contributed by atoms with van der Waals surface area (Å²) in [4.78, 5) is 37.4. The van der Waals surface area contributed by atoms with Crippen molar-refractivity contribution in [3.05, 3.63) is 87.3 Å². The maximum atomic E-state index is 12.3. The molecule has 0 N–H and O–H groups in total. The first-order valence-electron chi connectivity index (χ1n) is 12.6. The highest BCUT2D eigenvalue weighted by Gasteiger charge is 2.39. The third kappa shape index (κ3) is 6.57. The van der Waals surface area contributed by atoms with E-state index in [2.05, 4.69) is 24.8 Å². The van der Waals surface area contributed by atoms with E-state index in [0.29, 0.717) is 13.0 Å². The highest BCUT2D eigenvalue weighted by Crippen LogP contribution is 2.47. The van der Waals surface area contributed by atoms with Crippen LogP contribution in [0.4, 0.5) is 5.69 Å². The Balaban J connectivity index is 1.42. The van der Waals surface area contributed by atoms with Crippen LogP contribution in [0.15, 0.2) is 71.6 Å². The average molecular weight is 541 g/mol. The number of esters is 1. The van der Waals surface area contributed by atoms with Crippen LogP contribution < -0.4 is 4.90 Å². The first-order chi connectivity index (χ1) is 17.8. The number of ketones is 1. The quantitative estimate of drug-likeness (QED) is 0.0872. The summed E-state index contributed by atoms with van der Waals surface area (Å²) in [6.45, 7) is 4.93. The lowest BCUT2D eigenvalue weighted by Crippen LogP contribution is -2.29. The maximum Gasteiger partial charge on any atom is 0.305 e. The van der Waals surface area contributed by atoms with Gasteiger partial charge in [-0.1, -0.05) is 60.1 Å². The van der Waals surface area contributed by atoms with Gasteiger partial charge in [-0.15, -0.1) is 0 Å². The van der Waals surface area contributed by atoms with Crippen molar-refractivity contribution in [2.45, 2.75) is 56.6 Å². The van der Waals surface area contributed by atoms with Gasteiger partial charge in [-0.25, -0.2) is 0 Å². The predicted octanol–water partition coefficient (Wildman–Crippen LogP) is 6.15. The summed E-state index contributed by atoms with van der Waals surface area (Å²) in [6.07, 6.45) is 12.0. The second-order valence-electron chi connectivity index (χ2n) is 9.79. The van der Waals surface area contributed by atoms with Crippen molar-refractivity contribution in [2.75, 3.05) is 23.8 Å². The largest absolute Gasteiger partial charge is 0.464 e. The molecule has 1 fully saturated rings. The van der Waals surface area contributed by atoms with E-state index < -0.39 is 4.92 Å². The fraction of sp³-hybridized carbons (Fsp3) is 0.429. The summed E-state index contributed by atoms with van der Waals surface area (Å²) in [5, 5.41) is 11.9. The van der Waals surface area contributed by atoms with Crippen LogP contribution in [0, 0.1) is 10.1 Å². The molecule has 1 aromatic rings. The Morgan fingerprint density at radius 2 is 2.05 bits per heavy atom. The van der Waals surface area contributed by atoms with E-state index >= 15 is 0 Å². The zero-order valence-corrected chi connectivity index (χ0v) is 22.8. The summed E-state index contributed by atoms with van der Waals surface area (Å²) in [5.41, 5.74) is 2.86. The van der Waals surface area contributed by atoms with Crippen LogP contribution in [0.5, 0.6) is 0 Å². The molecule has 0 spiro atoms. The summed E-state index contributed by atoms with van der Waals surface area (Å²) < 4.78 is 5.58. The van der Waals surface area contributed by atoms with E-state index in [0.717, 1.165) is 41.5 Å². The molecular formula is C28H32N2O5S2. The van der Waals surface area contributed by atoms with Gasteiger partial charge < -0.3 is 9.64 Å². The smallest absolute Gasteiger partial charge is 0.305 e. The van der Waals surface area contributed by atoms with Crippen molar-refractivity contribution in [3.8, 4) is 0 Å². The van der Waals surface area contributed by atoms with Crippen LogP contribution in [-0.2, 0) is 19.7 Å². The van der Waals surface area contributed by atoms with E-state index in [4.69, 9.17) is 4.74 Å². The number of unbranched alkanes of at least 4 members (excludes halogenated alkanes) is 1. The number of anilines is 1. The van der Waals surface area contributed by atoms with Crippen LogP contribution in [0.3, 0.4) is 0 Å². The summed E-state index contributed by atoms with van der Waals surface area (Å²) in [5.74, 6) is 0.775. The predicted molar refractivity (Wildman–Crippen MR) is 150 cm³/mol. The van der Waals surface area contributed by atoms with E-state index in [1.807, 2.05) is 45.9 Å². The van der Waals surface area contributed by atoms with Gasteiger partial charge in [0.25, 0.3) is 5.70 Å². The number of hydrogen-bond donors (Lipinski definition) is 0. The molecule has 0 bridgehead atoms. The highest BCUT2D eigenvalue weighted by molar-refractivity contribution is 8.77. The van der Waals surface area contributed by atoms with Gasteiger partial charge >= 0.3 is 5.97 Å². The molecule has 0 aromatic heterocycles. The SMILES string of the molecule is CC1(C)/C(=C\C=C2\C=C([N+](=O)[O-])C=CC2=O)N(CCOC(=O)CCCCC2CCSS2)c2ccccc21. The molecule has 1 saturated heterocycles. The standard InChI is InChI=1S/C28H32N2O5S2/c1-28(2)23-8-4-5-9-24(23)29(16-17-35-27(32)10-6-3-7-22-15-18-36-37-22)26(28)14-11-20-19-21(30(33)34)12-13-25(20)31/h4-5,8-9,11-14,19,22H,3,6-7,10,15-18H2,1-2H3/b20-11-,26-14+. The number of benzene rings is 1. The average Bonchev–Trinajstić information content (AvgIpc) is 3.46. The van der Waals surface area contributed by atoms with Crippen LogP contribution in [0.25, 0.3) is 0 Å². The third-order valence-electron chi connectivity index (χ3n) is 6.89. The minimum absolute atomic E-state index is 0.122. The fourth-order valence-electron chi connectivity index (χ4n) is 4.86. The number of carbonyl (C=O) groups is 2. The number of ether oxygens (including phenoxy) is 1. The topological polar surface area (TPSA) is 89.8 Å². The fourth-order valence-corrected chi connectivity index (χ4v) is 7.89. The van der Waals surface area contributed by atoms with Crippen LogP contribution in [0.2, 0.25) is 0 Å². The molecule has 4 rings (SSSR count). The Morgan fingerprint density at radius 3 is 2.81 bits per heavy atom. The van der Waals surface area contributed by atoms with Gasteiger partial charge in [0, 0.05) is 51.9 Å².